The zero-order valence-electron chi connectivity index (χ0n) is 20.4. The molecule has 0 radical (unpaired) electrons. The first kappa shape index (κ1) is 22.7. The SMILES string of the molecule is CSC/C=C(\B(c1ccc2ccccc2c1)c1ccc2ccccc2c1)c1ccc2ccccc2c1. The van der Waals surface area contributed by atoms with Crippen LogP contribution < -0.4 is 10.9 Å². The Morgan fingerprint density at radius 2 is 1.00 bits per heavy atom. The van der Waals surface area contributed by atoms with Gasteiger partial charge in [0, 0.05) is 5.75 Å². The molecule has 0 aliphatic heterocycles. The van der Waals surface area contributed by atoms with Gasteiger partial charge in [0.15, 0.2) is 0 Å². The Morgan fingerprint density at radius 3 is 1.50 bits per heavy atom. The molecule has 172 valence electrons. The summed E-state index contributed by atoms with van der Waals surface area (Å²) in [5, 5.41) is 7.67. The second-order valence-electron chi connectivity index (χ2n) is 9.32. The quantitative estimate of drug-likeness (QED) is 0.221. The van der Waals surface area contributed by atoms with Crippen molar-refractivity contribution in [1.29, 1.82) is 0 Å². The molecule has 6 rings (SSSR count). The summed E-state index contributed by atoms with van der Waals surface area (Å²) in [6, 6.07) is 46.8. The maximum Gasteiger partial charge on any atom is 0.241 e. The third-order valence-electron chi connectivity index (χ3n) is 7.08. The molecular formula is C34H27BS. The Bertz CT molecular complexity index is 1640. The summed E-state index contributed by atoms with van der Waals surface area (Å²) in [7, 11) is 0. The van der Waals surface area contributed by atoms with E-state index in [9.17, 15) is 0 Å². The van der Waals surface area contributed by atoms with Gasteiger partial charge in [0.05, 0.1) is 0 Å². The van der Waals surface area contributed by atoms with Gasteiger partial charge < -0.3 is 0 Å². The highest BCUT2D eigenvalue weighted by Crippen LogP contribution is 2.25. The van der Waals surface area contributed by atoms with Crippen molar-refractivity contribution in [3.8, 4) is 0 Å². The third kappa shape index (κ3) is 4.45. The summed E-state index contributed by atoms with van der Waals surface area (Å²) in [4.78, 5) is 0. The van der Waals surface area contributed by atoms with Gasteiger partial charge in [-0.25, -0.2) is 0 Å². The van der Waals surface area contributed by atoms with E-state index in [2.05, 4.69) is 140 Å². The summed E-state index contributed by atoms with van der Waals surface area (Å²) in [6.07, 6.45) is 4.61. The van der Waals surface area contributed by atoms with E-state index in [0.717, 1.165) is 5.75 Å². The van der Waals surface area contributed by atoms with Crippen LogP contribution in [-0.4, -0.2) is 18.7 Å². The summed E-state index contributed by atoms with van der Waals surface area (Å²) < 4.78 is 0. The van der Waals surface area contributed by atoms with Crippen LogP contribution in [-0.2, 0) is 0 Å². The summed E-state index contributed by atoms with van der Waals surface area (Å²) in [6.45, 7) is 0.132. The van der Waals surface area contributed by atoms with Gasteiger partial charge in [-0.15, -0.1) is 0 Å². The van der Waals surface area contributed by atoms with E-state index in [4.69, 9.17) is 0 Å². The molecule has 0 heterocycles. The van der Waals surface area contributed by atoms with Crippen molar-refractivity contribution >= 4 is 67.2 Å². The lowest BCUT2D eigenvalue weighted by Gasteiger charge is -2.21. The lowest BCUT2D eigenvalue weighted by Crippen LogP contribution is -2.43. The predicted octanol–water partition coefficient (Wildman–Crippen LogP) is 7.74. The predicted molar refractivity (Wildman–Crippen MR) is 163 cm³/mol. The van der Waals surface area contributed by atoms with Crippen LogP contribution in [0.3, 0.4) is 0 Å². The minimum Gasteiger partial charge on any atom is -0.161 e. The molecule has 0 bridgehead atoms. The van der Waals surface area contributed by atoms with Gasteiger partial charge in [-0.2, -0.15) is 11.8 Å². The zero-order valence-corrected chi connectivity index (χ0v) is 21.2. The van der Waals surface area contributed by atoms with Crippen LogP contribution in [0.5, 0.6) is 0 Å². The zero-order chi connectivity index (χ0) is 24.3. The van der Waals surface area contributed by atoms with Crippen LogP contribution in [0.2, 0.25) is 0 Å². The van der Waals surface area contributed by atoms with E-state index in [1.807, 2.05) is 11.8 Å². The molecule has 0 spiro atoms. The Balaban J connectivity index is 1.59. The summed E-state index contributed by atoms with van der Waals surface area (Å²) in [5.41, 5.74) is 5.30. The first-order chi connectivity index (χ1) is 17.8. The van der Waals surface area contributed by atoms with E-state index in [0.29, 0.717) is 0 Å². The maximum atomic E-state index is 2.43. The van der Waals surface area contributed by atoms with Crippen LogP contribution in [0.1, 0.15) is 5.56 Å². The Kier molecular flexibility index (Phi) is 6.36. The minimum absolute atomic E-state index is 0.132. The number of fused-ring (bicyclic) bond motifs is 3. The van der Waals surface area contributed by atoms with Gasteiger partial charge in [0.25, 0.3) is 0 Å². The molecule has 36 heavy (non-hydrogen) atoms. The van der Waals surface area contributed by atoms with Crippen molar-refractivity contribution < 1.29 is 0 Å². The van der Waals surface area contributed by atoms with E-state index in [1.54, 1.807) is 0 Å². The molecule has 0 N–H and O–H groups in total. The fraction of sp³-hybridized carbons (Fsp3) is 0.0588. The molecule has 0 aromatic heterocycles. The Morgan fingerprint density at radius 1 is 0.556 bits per heavy atom. The molecule has 0 unspecified atom stereocenters. The molecule has 0 atom stereocenters. The highest BCUT2D eigenvalue weighted by atomic mass is 32.2. The largest absolute Gasteiger partial charge is 0.241 e. The van der Waals surface area contributed by atoms with Crippen molar-refractivity contribution in [2.75, 3.05) is 12.0 Å². The average molecular weight is 478 g/mol. The van der Waals surface area contributed by atoms with E-state index in [1.165, 1.54) is 54.3 Å². The standard InChI is InChI=1S/C34H27BS/c1-36-21-20-34(31-15-14-25-8-2-5-11-28(25)22-31)35(32-18-16-26-9-3-6-12-29(26)23-32)33-19-17-27-10-4-7-13-30(27)24-33/h2-20,22-24H,21H2,1H3/b34-20-. The van der Waals surface area contributed by atoms with Crippen LogP contribution in [0.15, 0.2) is 133 Å². The smallest absolute Gasteiger partial charge is 0.161 e. The van der Waals surface area contributed by atoms with E-state index >= 15 is 0 Å². The Labute approximate surface area is 217 Å². The highest BCUT2D eigenvalue weighted by molar-refractivity contribution is 7.98. The number of hydrogen-bond acceptors (Lipinski definition) is 1. The van der Waals surface area contributed by atoms with Crippen LogP contribution in [0.4, 0.5) is 0 Å². The fourth-order valence-electron chi connectivity index (χ4n) is 5.27. The van der Waals surface area contributed by atoms with Crippen molar-refractivity contribution in [1.82, 2.24) is 0 Å². The van der Waals surface area contributed by atoms with Crippen LogP contribution in [0, 0.1) is 0 Å². The van der Waals surface area contributed by atoms with Gasteiger partial charge in [-0.1, -0.05) is 144 Å². The fourth-order valence-corrected chi connectivity index (χ4v) is 5.62. The van der Waals surface area contributed by atoms with Crippen molar-refractivity contribution in [2.24, 2.45) is 0 Å². The normalized spacial score (nSPS) is 11.9. The average Bonchev–Trinajstić information content (AvgIpc) is 2.94. The lowest BCUT2D eigenvalue weighted by atomic mass is 9.35. The van der Waals surface area contributed by atoms with E-state index in [-0.39, 0.29) is 6.71 Å². The molecular weight excluding hydrogens is 451 g/mol. The molecule has 2 heteroatoms. The molecule has 0 saturated carbocycles. The summed E-state index contributed by atoms with van der Waals surface area (Å²) >= 11 is 1.86. The molecule has 0 aliphatic carbocycles. The van der Waals surface area contributed by atoms with Crippen molar-refractivity contribution in [3.63, 3.8) is 0 Å². The van der Waals surface area contributed by atoms with Gasteiger partial charge in [-0.05, 0) is 50.2 Å². The second kappa shape index (κ2) is 10.1. The van der Waals surface area contributed by atoms with Crippen LogP contribution in [0.25, 0.3) is 37.8 Å². The monoisotopic (exact) mass is 478 g/mol. The lowest BCUT2D eigenvalue weighted by molar-refractivity contribution is 1.66. The molecule has 0 aliphatic rings. The molecule has 0 saturated heterocycles. The number of rotatable bonds is 6. The molecule has 0 fully saturated rings. The molecule has 6 aromatic carbocycles. The number of hydrogen-bond donors (Lipinski definition) is 0. The first-order valence-electron chi connectivity index (χ1n) is 12.5. The number of thioether (sulfide) groups is 1. The summed E-state index contributed by atoms with van der Waals surface area (Å²) in [5.74, 6) is 0.972. The van der Waals surface area contributed by atoms with Gasteiger partial charge in [-0.3, -0.25) is 0 Å². The van der Waals surface area contributed by atoms with Crippen molar-refractivity contribution in [3.05, 3.63) is 139 Å². The van der Waals surface area contributed by atoms with Gasteiger partial charge >= 0.3 is 0 Å². The Hall–Kier alpha value is -3.75. The topological polar surface area (TPSA) is 0 Å². The highest BCUT2D eigenvalue weighted by Gasteiger charge is 2.26. The minimum atomic E-state index is 0.132. The van der Waals surface area contributed by atoms with Crippen molar-refractivity contribution in [2.45, 2.75) is 0 Å². The van der Waals surface area contributed by atoms with Crippen LogP contribution >= 0.6 is 11.8 Å². The second-order valence-corrected chi connectivity index (χ2v) is 10.2. The first-order valence-corrected chi connectivity index (χ1v) is 13.8. The maximum absolute atomic E-state index is 2.43. The molecule has 0 amide bonds. The molecule has 6 aromatic rings. The van der Waals surface area contributed by atoms with Gasteiger partial charge in [0.1, 0.15) is 0 Å². The molecule has 0 nitrogen and oxygen atoms in total. The van der Waals surface area contributed by atoms with Gasteiger partial charge in [0.2, 0.25) is 6.71 Å². The van der Waals surface area contributed by atoms with E-state index < -0.39 is 0 Å². The number of benzene rings is 6. The third-order valence-corrected chi connectivity index (χ3v) is 7.58.